The van der Waals surface area contributed by atoms with E-state index < -0.39 is 5.91 Å². The fraction of sp³-hybridized carbons (Fsp3) is 0.238. The molecule has 29 heavy (non-hydrogen) atoms. The van der Waals surface area contributed by atoms with E-state index >= 15 is 0 Å². The van der Waals surface area contributed by atoms with Crippen molar-refractivity contribution in [2.45, 2.75) is 25.2 Å². The number of hydrogen-bond acceptors (Lipinski definition) is 7. The number of anilines is 2. The van der Waals surface area contributed by atoms with Crippen LogP contribution in [0, 0.1) is 0 Å². The molecule has 7 nitrogen and oxygen atoms in total. The molecular formula is C21H24N4O3S. The number of thiazole rings is 1. The molecule has 8 heteroatoms. The van der Waals surface area contributed by atoms with E-state index in [0.717, 1.165) is 11.1 Å². The number of aliphatic hydroxyl groups is 2. The first-order chi connectivity index (χ1) is 13.9. The number of amides is 1. The maximum Gasteiger partial charge on any atom is 0.230 e. The lowest BCUT2D eigenvalue weighted by atomic mass is 10.1. The van der Waals surface area contributed by atoms with Gasteiger partial charge < -0.3 is 21.3 Å². The monoisotopic (exact) mass is 412 g/mol. The Kier molecular flexibility index (Phi) is 6.95. The van der Waals surface area contributed by atoms with Gasteiger partial charge in [-0.05, 0) is 29.7 Å². The number of rotatable bonds is 9. The van der Waals surface area contributed by atoms with E-state index in [-0.39, 0.29) is 18.7 Å². The quantitative estimate of drug-likeness (QED) is 0.343. The largest absolute Gasteiger partial charge is 0.375 e. The fourth-order valence-electron chi connectivity index (χ4n) is 2.88. The number of nitrogens with zero attached hydrogens (tertiary/aromatic N) is 1. The Morgan fingerprint density at radius 1 is 1.07 bits per heavy atom. The van der Waals surface area contributed by atoms with Gasteiger partial charge in [-0.3, -0.25) is 10.1 Å². The first-order valence-electron chi connectivity index (χ1n) is 9.22. The van der Waals surface area contributed by atoms with E-state index in [4.69, 9.17) is 5.73 Å². The van der Waals surface area contributed by atoms with Crippen molar-refractivity contribution >= 4 is 28.1 Å². The van der Waals surface area contributed by atoms with Crippen LogP contribution in [0.3, 0.4) is 0 Å². The normalized spacial score (nSPS) is 11.4. The summed E-state index contributed by atoms with van der Waals surface area (Å²) in [4.78, 5) is 16.1. The second-order valence-electron chi connectivity index (χ2n) is 6.75. The molecule has 0 atom stereocenters. The Labute approximate surface area is 173 Å². The molecular weight excluding hydrogens is 388 g/mol. The topological polar surface area (TPSA) is 120 Å². The van der Waals surface area contributed by atoms with Gasteiger partial charge in [0.25, 0.3) is 0 Å². The number of nitrogens with one attached hydrogen (secondary N) is 2. The molecule has 3 rings (SSSR count). The van der Waals surface area contributed by atoms with Crippen LogP contribution in [-0.2, 0) is 24.1 Å². The van der Waals surface area contributed by atoms with Crippen LogP contribution in [0.1, 0.15) is 16.8 Å². The molecule has 6 N–H and O–H groups in total. The summed E-state index contributed by atoms with van der Waals surface area (Å²) in [7, 11) is 0. The molecule has 2 aromatic carbocycles. The molecule has 152 valence electrons. The summed E-state index contributed by atoms with van der Waals surface area (Å²) < 4.78 is 0. The van der Waals surface area contributed by atoms with Gasteiger partial charge in [0.1, 0.15) is 0 Å². The molecule has 0 aliphatic heterocycles. The van der Waals surface area contributed by atoms with Crippen molar-refractivity contribution < 1.29 is 15.0 Å². The maximum absolute atomic E-state index is 12.1. The Hall–Kier alpha value is -2.78. The van der Waals surface area contributed by atoms with Crippen LogP contribution in [0.15, 0.2) is 60.0 Å². The lowest BCUT2D eigenvalue weighted by molar-refractivity contribution is -0.183. The van der Waals surface area contributed by atoms with Crippen LogP contribution < -0.4 is 16.4 Å². The number of hydrogen-bond donors (Lipinski definition) is 5. The third-order valence-electron chi connectivity index (χ3n) is 4.26. The summed E-state index contributed by atoms with van der Waals surface area (Å²) in [6.45, 7) is 0.437. The Morgan fingerprint density at radius 2 is 1.79 bits per heavy atom. The second kappa shape index (κ2) is 9.62. The highest BCUT2D eigenvalue weighted by Gasteiger charge is 2.22. The summed E-state index contributed by atoms with van der Waals surface area (Å²) in [5, 5.41) is 28.1. The molecule has 0 unspecified atom stereocenters. The minimum Gasteiger partial charge on any atom is -0.375 e. The molecule has 0 spiro atoms. The zero-order valence-corrected chi connectivity index (χ0v) is 16.7. The van der Waals surface area contributed by atoms with Gasteiger partial charge in [-0.1, -0.05) is 42.5 Å². The van der Waals surface area contributed by atoms with Gasteiger partial charge in [0.15, 0.2) is 5.13 Å². The standard InChI is InChI=1S/C21H24N4O3S/c22-20-25-18(14-29-20)12-19(26)24-17-8-6-16(7-9-17)13-21(27,28)23-11-10-15-4-2-1-3-5-15/h1-9,14,23,27-28H,10-13H2,(H2,22,25)(H,24,26). The third-order valence-corrected chi connectivity index (χ3v) is 4.99. The van der Waals surface area contributed by atoms with Crippen molar-refractivity contribution in [1.82, 2.24) is 10.3 Å². The molecule has 1 aromatic heterocycles. The number of aromatic nitrogens is 1. The third kappa shape index (κ3) is 6.95. The average molecular weight is 413 g/mol. The van der Waals surface area contributed by atoms with Crippen molar-refractivity contribution in [2.24, 2.45) is 0 Å². The molecule has 3 aromatic rings. The first-order valence-corrected chi connectivity index (χ1v) is 10.1. The van der Waals surface area contributed by atoms with Gasteiger partial charge in [-0.2, -0.15) is 0 Å². The van der Waals surface area contributed by atoms with Gasteiger partial charge >= 0.3 is 0 Å². The Morgan fingerprint density at radius 3 is 2.45 bits per heavy atom. The predicted octanol–water partition coefficient (Wildman–Crippen LogP) is 1.92. The highest BCUT2D eigenvalue weighted by molar-refractivity contribution is 7.13. The van der Waals surface area contributed by atoms with Gasteiger partial charge in [0, 0.05) is 24.0 Å². The predicted molar refractivity (Wildman–Crippen MR) is 114 cm³/mol. The van der Waals surface area contributed by atoms with Crippen molar-refractivity contribution in [3.8, 4) is 0 Å². The van der Waals surface area contributed by atoms with Gasteiger partial charge in [-0.15, -0.1) is 11.3 Å². The van der Waals surface area contributed by atoms with Gasteiger partial charge in [0.2, 0.25) is 11.8 Å². The van der Waals surface area contributed by atoms with Crippen LogP contribution in [0.25, 0.3) is 0 Å². The van der Waals surface area contributed by atoms with Gasteiger partial charge in [-0.25, -0.2) is 4.98 Å². The van der Waals surface area contributed by atoms with Gasteiger partial charge in [0.05, 0.1) is 12.1 Å². The molecule has 0 radical (unpaired) electrons. The maximum atomic E-state index is 12.1. The molecule has 0 fully saturated rings. The molecule has 0 saturated carbocycles. The van der Waals surface area contributed by atoms with Crippen LogP contribution in [0.2, 0.25) is 0 Å². The van der Waals surface area contributed by atoms with Crippen LogP contribution >= 0.6 is 11.3 Å². The summed E-state index contributed by atoms with van der Waals surface area (Å²) in [6, 6.07) is 16.8. The summed E-state index contributed by atoms with van der Waals surface area (Å²) >= 11 is 1.30. The van der Waals surface area contributed by atoms with E-state index in [1.54, 1.807) is 29.6 Å². The summed E-state index contributed by atoms with van der Waals surface area (Å²) in [5.74, 6) is -2.20. The fourth-order valence-corrected chi connectivity index (χ4v) is 3.44. The minimum absolute atomic E-state index is 0.0219. The average Bonchev–Trinajstić information content (AvgIpc) is 3.08. The Balaban J connectivity index is 1.46. The van der Waals surface area contributed by atoms with Crippen LogP contribution in [-0.4, -0.2) is 33.6 Å². The lowest BCUT2D eigenvalue weighted by Crippen LogP contribution is -2.47. The highest BCUT2D eigenvalue weighted by Crippen LogP contribution is 2.15. The molecule has 1 amide bonds. The zero-order chi connectivity index (χ0) is 20.7. The van der Waals surface area contributed by atoms with E-state index in [1.807, 2.05) is 30.3 Å². The first kappa shape index (κ1) is 20.9. The zero-order valence-electron chi connectivity index (χ0n) is 15.8. The molecule has 1 heterocycles. The lowest BCUT2D eigenvalue weighted by Gasteiger charge is -2.23. The highest BCUT2D eigenvalue weighted by atomic mass is 32.1. The van der Waals surface area contributed by atoms with E-state index in [9.17, 15) is 15.0 Å². The number of benzene rings is 2. The second-order valence-corrected chi connectivity index (χ2v) is 7.64. The number of carbonyl (C=O) groups is 1. The van der Waals surface area contributed by atoms with E-state index in [0.29, 0.717) is 29.5 Å². The number of carbonyl (C=O) groups excluding carboxylic acids is 1. The van der Waals surface area contributed by atoms with Crippen molar-refractivity contribution in [1.29, 1.82) is 0 Å². The van der Waals surface area contributed by atoms with Crippen LogP contribution in [0.4, 0.5) is 10.8 Å². The van der Waals surface area contributed by atoms with Crippen molar-refractivity contribution in [2.75, 3.05) is 17.6 Å². The SMILES string of the molecule is Nc1nc(CC(=O)Nc2ccc(CC(O)(O)NCCc3ccccc3)cc2)cs1. The van der Waals surface area contributed by atoms with Crippen LogP contribution in [0.5, 0.6) is 0 Å². The molecule has 0 saturated heterocycles. The Bertz CT molecular complexity index is 927. The summed E-state index contributed by atoms with van der Waals surface area (Å²) in [5.41, 5.74) is 8.67. The van der Waals surface area contributed by atoms with Crippen molar-refractivity contribution in [3.63, 3.8) is 0 Å². The molecule has 0 aliphatic rings. The summed E-state index contributed by atoms with van der Waals surface area (Å²) in [6.07, 6.45) is 0.866. The van der Waals surface area contributed by atoms with Crippen molar-refractivity contribution in [3.05, 3.63) is 76.8 Å². The number of nitrogen functional groups attached to an aromatic ring is 1. The number of nitrogens with two attached hydrogens (primary N) is 1. The minimum atomic E-state index is -2.01. The smallest absolute Gasteiger partial charge is 0.230 e. The van der Waals surface area contributed by atoms with E-state index in [2.05, 4.69) is 15.6 Å². The van der Waals surface area contributed by atoms with E-state index in [1.165, 1.54) is 11.3 Å². The molecule has 0 bridgehead atoms. The molecule has 0 aliphatic carbocycles.